The van der Waals surface area contributed by atoms with Gasteiger partial charge < -0.3 is 9.47 Å². The third kappa shape index (κ3) is 5.35. The predicted molar refractivity (Wildman–Crippen MR) is 77.2 cm³/mol. The van der Waals surface area contributed by atoms with Gasteiger partial charge in [0.25, 0.3) is 0 Å². The molecule has 1 saturated carbocycles. The Bertz CT molecular complexity index is 384. The number of carbonyl (C=O) groups excluding carboxylic acids is 2. The summed E-state index contributed by atoms with van der Waals surface area (Å²) >= 11 is 0. The van der Waals surface area contributed by atoms with Crippen molar-refractivity contribution in [3.05, 3.63) is 12.2 Å². The van der Waals surface area contributed by atoms with Gasteiger partial charge in [-0.1, -0.05) is 13.0 Å². The van der Waals surface area contributed by atoms with Crippen LogP contribution < -0.4 is 0 Å². The van der Waals surface area contributed by atoms with Crippen molar-refractivity contribution in [3.63, 3.8) is 0 Å². The molecule has 4 nitrogen and oxygen atoms in total. The van der Waals surface area contributed by atoms with Crippen LogP contribution >= 0.6 is 0 Å². The highest BCUT2D eigenvalue weighted by molar-refractivity contribution is 5.87. The minimum atomic E-state index is -0.712. The van der Waals surface area contributed by atoms with E-state index in [1.165, 1.54) is 0 Å². The van der Waals surface area contributed by atoms with Gasteiger partial charge in [-0.05, 0) is 53.4 Å². The molecule has 0 amide bonds. The number of esters is 2. The maximum Gasteiger partial charge on any atom is 0.333 e. The second kappa shape index (κ2) is 6.42. The van der Waals surface area contributed by atoms with E-state index < -0.39 is 17.2 Å². The van der Waals surface area contributed by atoms with Crippen molar-refractivity contribution in [1.82, 2.24) is 0 Å². The van der Waals surface area contributed by atoms with Crippen molar-refractivity contribution in [1.29, 1.82) is 0 Å². The summed E-state index contributed by atoms with van der Waals surface area (Å²) in [4.78, 5) is 23.9. The van der Waals surface area contributed by atoms with Crippen LogP contribution in [0.15, 0.2) is 12.2 Å². The molecule has 0 aromatic carbocycles. The summed E-state index contributed by atoms with van der Waals surface area (Å²) in [7, 11) is 0. The van der Waals surface area contributed by atoms with E-state index in [2.05, 4.69) is 6.58 Å². The molecule has 0 saturated heterocycles. The Labute approximate surface area is 121 Å². The van der Waals surface area contributed by atoms with Crippen molar-refractivity contribution < 1.29 is 19.1 Å². The van der Waals surface area contributed by atoms with E-state index in [9.17, 15) is 9.59 Å². The highest BCUT2D eigenvalue weighted by atomic mass is 16.6. The molecule has 0 aromatic heterocycles. The minimum Gasteiger partial charge on any atom is -0.460 e. The fourth-order valence-electron chi connectivity index (χ4n) is 2.44. The number of ether oxygens (including phenoxy) is 2. The second-order valence-corrected chi connectivity index (χ2v) is 6.68. The van der Waals surface area contributed by atoms with Gasteiger partial charge in [-0.3, -0.25) is 4.79 Å². The normalized spacial score (nSPS) is 18.2. The van der Waals surface area contributed by atoms with Crippen LogP contribution in [0, 0.1) is 0 Å². The highest BCUT2D eigenvalue weighted by Gasteiger charge is 2.39. The first-order valence-electron chi connectivity index (χ1n) is 7.24. The van der Waals surface area contributed by atoms with Gasteiger partial charge in [0.2, 0.25) is 0 Å². The Morgan fingerprint density at radius 2 is 1.70 bits per heavy atom. The Morgan fingerprint density at radius 1 is 1.15 bits per heavy atom. The van der Waals surface area contributed by atoms with E-state index in [4.69, 9.17) is 9.47 Å². The molecule has 1 aliphatic rings. The zero-order valence-corrected chi connectivity index (χ0v) is 13.1. The number of carbonyl (C=O) groups is 2. The third-order valence-electron chi connectivity index (χ3n) is 3.31. The fourth-order valence-corrected chi connectivity index (χ4v) is 2.44. The van der Waals surface area contributed by atoms with Crippen LogP contribution in [0.2, 0.25) is 0 Å². The van der Waals surface area contributed by atoms with Crippen LogP contribution in [0.4, 0.5) is 0 Å². The van der Waals surface area contributed by atoms with Crippen LogP contribution in [0.25, 0.3) is 0 Å². The number of rotatable bonds is 4. The van der Waals surface area contributed by atoms with Crippen LogP contribution in [-0.4, -0.2) is 23.1 Å². The average Bonchev–Trinajstić information content (AvgIpc) is 2.26. The molecule has 4 heteroatoms. The second-order valence-electron chi connectivity index (χ2n) is 6.68. The third-order valence-corrected chi connectivity index (χ3v) is 3.31. The van der Waals surface area contributed by atoms with E-state index in [0.29, 0.717) is 18.4 Å². The Kier molecular flexibility index (Phi) is 5.37. The number of hydrogen-bond acceptors (Lipinski definition) is 4. The first kappa shape index (κ1) is 16.7. The summed E-state index contributed by atoms with van der Waals surface area (Å²) in [6.07, 6.45) is 4.60. The van der Waals surface area contributed by atoms with Gasteiger partial charge in [0.1, 0.15) is 11.2 Å². The molecule has 0 radical (unpaired) electrons. The number of hydrogen-bond donors (Lipinski definition) is 0. The predicted octanol–water partition coefficient (Wildman–Crippen LogP) is 3.54. The van der Waals surface area contributed by atoms with Crippen molar-refractivity contribution in [3.8, 4) is 0 Å². The molecule has 0 N–H and O–H groups in total. The largest absolute Gasteiger partial charge is 0.460 e. The summed E-state index contributed by atoms with van der Waals surface area (Å²) in [5, 5.41) is 0. The lowest BCUT2D eigenvalue weighted by atomic mass is 9.82. The van der Waals surface area contributed by atoms with Crippen molar-refractivity contribution in [2.45, 2.75) is 77.4 Å². The Hall–Kier alpha value is -1.32. The topological polar surface area (TPSA) is 52.6 Å². The molecule has 0 aliphatic heterocycles. The van der Waals surface area contributed by atoms with Crippen LogP contribution in [0.3, 0.4) is 0 Å². The maximum absolute atomic E-state index is 12.0. The first-order valence-corrected chi connectivity index (χ1v) is 7.24. The van der Waals surface area contributed by atoms with Crippen LogP contribution in [0.5, 0.6) is 0 Å². The van der Waals surface area contributed by atoms with Gasteiger partial charge in [-0.25, -0.2) is 4.79 Å². The molecule has 1 rings (SSSR count). The summed E-state index contributed by atoms with van der Waals surface area (Å²) in [5.74, 6) is -0.732. The van der Waals surface area contributed by atoms with Gasteiger partial charge in [-0.15, -0.1) is 0 Å². The monoisotopic (exact) mass is 282 g/mol. The molecular weight excluding hydrogens is 256 g/mol. The summed E-state index contributed by atoms with van der Waals surface area (Å²) in [6, 6.07) is 0. The molecule has 0 unspecified atom stereocenters. The fraction of sp³-hybridized carbons (Fsp3) is 0.750. The van der Waals surface area contributed by atoms with E-state index in [-0.39, 0.29) is 12.4 Å². The van der Waals surface area contributed by atoms with E-state index in [0.717, 1.165) is 19.3 Å². The van der Waals surface area contributed by atoms with E-state index in [1.807, 2.05) is 20.8 Å². The Morgan fingerprint density at radius 3 is 2.15 bits per heavy atom. The molecule has 20 heavy (non-hydrogen) atoms. The summed E-state index contributed by atoms with van der Waals surface area (Å²) < 4.78 is 10.9. The minimum absolute atomic E-state index is 0.128. The zero-order chi connectivity index (χ0) is 15.4. The standard InChI is InChI=1S/C16H26O4/c1-12(2)14(18)20-16(9-7-6-8-10-16)11-13(17)19-15(3,4)5/h1,6-11H2,2-5H3. The molecular formula is C16H26O4. The van der Waals surface area contributed by atoms with Crippen molar-refractivity contribution >= 4 is 11.9 Å². The van der Waals surface area contributed by atoms with Crippen LogP contribution in [0.1, 0.15) is 66.2 Å². The van der Waals surface area contributed by atoms with Gasteiger partial charge in [-0.2, -0.15) is 0 Å². The lowest BCUT2D eigenvalue weighted by molar-refractivity contribution is -0.172. The van der Waals surface area contributed by atoms with Crippen molar-refractivity contribution in [2.75, 3.05) is 0 Å². The lowest BCUT2D eigenvalue weighted by Crippen LogP contribution is -2.41. The highest BCUT2D eigenvalue weighted by Crippen LogP contribution is 2.36. The van der Waals surface area contributed by atoms with Gasteiger partial charge >= 0.3 is 11.9 Å². The molecule has 1 fully saturated rings. The summed E-state index contributed by atoms with van der Waals surface area (Å²) in [5.41, 5.74) is -0.874. The lowest BCUT2D eigenvalue weighted by Gasteiger charge is -2.36. The average molecular weight is 282 g/mol. The van der Waals surface area contributed by atoms with E-state index in [1.54, 1.807) is 6.92 Å². The van der Waals surface area contributed by atoms with Gasteiger partial charge in [0.15, 0.2) is 0 Å². The molecule has 1 aliphatic carbocycles. The molecule has 0 atom stereocenters. The molecule has 0 heterocycles. The molecule has 0 spiro atoms. The molecule has 0 aromatic rings. The van der Waals surface area contributed by atoms with Gasteiger partial charge in [0, 0.05) is 5.57 Å². The van der Waals surface area contributed by atoms with Crippen LogP contribution in [-0.2, 0) is 19.1 Å². The van der Waals surface area contributed by atoms with E-state index >= 15 is 0 Å². The summed E-state index contributed by atoms with van der Waals surface area (Å²) in [6.45, 7) is 10.7. The maximum atomic E-state index is 12.0. The van der Waals surface area contributed by atoms with Crippen molar-refractivity contribution in [2.24, 2.45) is 0 Å². The van der Waals surface area contributed by atoms with Gasteiger partial charge in [0.05, 0.1) is 6.42 Å². The molecule has 114 valence electrons. The quantitative estimate of drug-likeness (QED) is 0.584. The zero-order valence-electron chi connectivity index (χ0n) is 13.1. The SMILES string of the molecule is C=C(C)C(=O)OC1(CC(=O)OC(C)(C)C)CCCCC1. The smallest absolute Gasteiger partial charge is 0.333 e. The Balaban J connectivity index is 2.75. The first-order chi connectivity index (χ1) is 9.14. The molecule has 0 bridgehead atoms.